The van der Waals surface area contributed by atoms with Gasteiger partial charge < -0.3 is 0 Å². The van der Waals surface area contributed by atoms with E-state index in [0.717, 1.165) is 6.42 Å². The van der Waals surface area contributed by atoms with Crippen LogP contribution in [0.25, 0.3) is 0 Å². The Morgan fingerprint density at radius 2 is 1.03 bits per heavy atom. The van der Waals surface area contributed by atoms with Crippen LogP contribution in [0.15, 0.2) is 12.4 Å². The van der Waals surface area contributed by atoms with Crippen LogP contribution in [0, 0.1) is 0 Å². The molecule has 2 nitrogen and oxygen atoms in total. The van der Waals surface area contributed by atoms with Crippen LogP contribution in [0.3, 0.4) is 0 Å². The molecule has 0 saturated heterocycles. The Bertz CT molecular complexity index is 463. The van der Waals surface area contributed by atoms with E-state index in [9.17, 15) is 0 Å². The topological polar surface area (TPSA) is 8.81 Å². The van der Waals surface area contributed by atoms with Crippen LogP contribution in [-0.2, 0) is 19.5 Å². The first kappa shape index (κ1) is 26.2. The molecule has 1 rings (SSSR count). The fraction of sp³-hybridized carbons (Fsp3) is 0.889. The highest BCUT2D eigenvalue weighted by Gasteiger charge is 2.14. The molecule has 0 bridgehead atoms. The van der Waals surface area contributed by atoms with Crippen molar-refractivity contribution in [3.05, 3.63) is 18.2 Å². The third kappa shape index (κ3) is 13.2. The van der Waals surface area contributed by atoms with Crippen LogP contribution in [-0.4, -0.2) is 4.57 Å². The fourth-order valence-corrected chi connectivity index (χ4v) is 4.50. The van der Waals surface area contributed by atoms with Gasteiger partial charge in [0.25, 0.3) is 5.82 Å². The van der Waals surface area contributed by atoms with Gasteiger partial charge in [-0.2, -0.15) is 0 Å². The first-order chi connectivity index (χ1) is 14.3. The zero-order chi connectivity index (χ0) is 21.0. The van der Waals surface area contributed by atoms with Crippen molar-refractivity contribution >= 4 is 0 Å². The molecule has 0 aliphatic carbocycles. The summed E-state index contributed by atoms with van der Waals surface area (Å²) in [5.74, 6) is 1.53. The van der Waals surface area contributed by atoms with E-state index in [1.165, 1.54) is 134 Å². The molecule has 2 heteroatoms. The lowest BCUT2D eigenvalue weighted by atomic mass is 10.1. The normalized spacial score (nSPS) is 11.4. The van der Waals surface area contributed by atoms with Gasteiger partial charge in [0, 0.05) is 6.42 Å². The summed E-state index contributed by atoms with van der Waals surface area (Å²) in [6, 6.07) is 0. The highest BCUT2D eigenvalue weighted by atomic mass is 15.1. The molecule has 0 unspecified atom stereocenters. The van der Waals surface area contributed by atoms with Crippen LogP contribution in [0.1, 0.15) is 142 Å². The molecule has 1 heterocycles. The molecule has 0 aliphatic heterocycles. The van der Waals surface area contributed by atoms with Gasteiger partial charge >= 0.3 is 0 Å². The number of imidazole rings is 1. The lowest BCUT2D eigenvalue weighted by molar-refractivity contribution is -0.704. The monoisotopic (exact) mass is 405 g/mol. The van der Waals surface area contributed by atoms with Gasteiger partial charge in [0.05, 0.1) is 13.1 Å². The van der Waals surface area contributed by atoms with Crippen molar-refractivity contribution in [3.63, 3.8) is 0 Å². The van der Waals surface area contributed by atoms with Gasteiger partial charge in [0.15, 0.2) is 0 Å². The predicted molar refractivity (Wildman–Crippen MR) is 128 cm³/mol. The number of hydrogen-bond donors (Lipinski definition) is 0. The molecule has 0 fully saturated rings. The first-order valence-corrected chi connectivity index (χ1v) is 13.4. The van der Waals surface area contributed by atoms with E-state index in [4.69, 9.17) is 0 Å². The van der Waals surface area contributed by atoms with Crippen LogP contribution in [0.2, 0.25) is 0 Å². The molecule has 1 aromatic heterocycles. The van der Waals surface area contributed by atoms with Crippen molar-refractivity contribution < 1.29 is 4.57 Å². The minimum Gasteiger partial charge on any atom is -0.234 e. The zero-order valence-corrected chi connectivity index (χ0v) is 20.4. The van der Waals surface area contributed by atoms with Crippen molar-refractivity contribution in [1.29, 1.82) is 0 Å². The summed E-state index contributed by atoms with van der Waals surface area (Å²) in [6.07, 6.45) is 31.3. The van der Waals surface area contributed by atoms with Gasteiger partial charge in [0.2, 0.25) is 0 Å². The van der Waals surface area contributed by atoms with Crippen molar-refractivity contribution in [2.45, 2.75) is 156 Å². The fourth-order valence-electron chi connectivity index (χ4n) is 4.50. The lowest BCUT2D eigenvalue weighted by Crippen LogP contribution is -2.37. The summed E-state index contributed by atoms with van der Waals surface area (Å²) in [6.45, 7) is 9.33. The van der Waals surface area contributed by atoms with E-state index < -0.39 is 0 Å². The van der Waals surface area contributed by atoms with E-state index in [-0.39, 0.29) is 0 Å². The number of aromatic nitrogens is 2. The zero-order valence-electron chi connectivity index (χ0n) is 20.4. The van der Waals surface area contributed by atoms with Crippen LogP contribution in [0.5, 0.6) is 0 Å². The molecule has 0 N–H and O–H groups in total. The summed E-state index contributed by atoms with van der Waals surface area (Å²) >= 11 is 0. The van der Waals surface area contributed by atoms with E-state index in [2.05, 4.69) is 42.3 Å². The molecule has 0 saturated carbocycles. The molecular weight excluding hydrogens is 352 g/mol. The third-order valence-corrected chi connectivity index (χ3v) is 6.41. The molecule has 170 valence electrons. The molecule has 0 amide bonds. The SMILES string of the molecule is CCCCCCCCCCCCCC[n+]1ccn(CCCCCCCC)c1CC. The average molecular weight is 406 g/mol. The Kier molecular flexibility index (Phi) is 17.4. The maximum atomic E-state index is 2.52. The molecule has 0 aliphatic rings. The molecule has 0 radical (unpaired) electrons. The van der Waals surface area contributed by atoms with Gasteiger partial charge in [-0.1, -0.05) is 111 Å². The Morgan fingerprint density at radius 1 is 0.586 bits per heavy atom. The standard InChI is InChI=1S/C27H53N2/c1-4-7-9-11-13-14-15-16-17-18-20-22-24-29-26-25-28(27(29)6-3)23-21-19-12-10-8-5-2/h25-26H,4-24H2,1-3H3/q+1. The van der Waals surface area contributed by atoms with E-state index in [1.807, 2.05) is 0 Å². The van der Waals surface area contributed by atoms with Crippen LogP contribution >= 0.6 is 0 Å². The first-order valence-electron chi connectivity index (χ1n) is 13.4. The molecule has 0 spiro atoms. The molecule has 0 aromatic carbocycles. The van der Waals surface area contributed by atoms with Crippen LogP contribution < -0.4 is 4.57 Å². The second kappa shape index (κ2) is 19.2. The van der Waals surface area contributed by atoms with Crippen molar-refractivity contribution in [1.82, 2.24) is 4.57 Å². The number of rotatable bonds is 21. The van der Waals surface area contributed by atoms with Gasteiger partial charge in [-0.15, -0.1) is 0 Å². The van der Waals surface area contributed by atoms with E-state index in [0.29, 0.717) is 0 Å². The molecular formula is C27H53N2+. The summed E-state index contributed by atoms with van der Waals surface area (Å²) < 4.78 is 5.04. The van der Waals surface area contributed by atoms with Gasteiger partial charge in [0.1, 0.15) is 12.4 Å². The maximum Gasteiger partial charge on any atom is 0.256 e. The van der Waals surface area contributed by atoms with E-state index >= 15 is 0 Å². The van der Waals surface area contributed by atoms with Crippen molar-refractivity contribution in [3.8, 4) is 0 Å². The minimum absolute atomic E-state index is 1.15. The maximum absolute atomic E-state index is 2.52. The van der Waals surface area contributed by atoms with Crippen molar-refractivity contribution in [2.24, 2.45) is 0 Å². The Hall–Kier alpha value is -0.790. The quantitative estimate of drug-likeness (QED) is 0.143. The number of unbranched alkanes of at least 4 members (excludes halogenated alkanes) is 16. The smallest absolute Gasteiger partial charge is 0.234 e. The summed E-state index contributed by atoms with van der Waals surface area (Å²) in [7, 11) is 0. The van der Waals surface area contributed by atoms with Crippen molar-refractivity contribution in [2.75, 3.05) is 0 Å². The summed E-state index contributed by atoms with van der Waals surface area (Å²) in [5, 5.41) is 0. The second-order valence-corrected chi connectivity index (χ2v) is 9.11. The summed E-state index contributed by atoms with van der Waals surface area (Å²) in [5.41, 5.74) is 0. The molecule has 29 heavy (non-hydrogen) atoms. The average Bonchev–Trinajstić information content (AvgIpc) is 3.13. The summed E-state index contributed by atoms with van der Waals surface area (Å²) in [4.78, 5) is 0. The highest BCUT2D eigenvalue weighted by molar-refractivity contribution is 4.83. The predicted octanol–water partition coefficient (Wildman–Crippen LogP) is 8.40. The lowest BCUT2D eigenvalue weighted by Gasteiger charge is -2.05. The minimum atomic E-state index is 1.15. The highest BCUT2D eigenvalue weighted by Crippen LogP contribution is 2.12. The molecule has 1 aromatic rings. The Balaban J connectivity index is 2.05. The number of aryl methyl sites for hydroxylation is 2. The Labute approximate surface area is 183 Å². The van der Waals surface area contributed by atoms with Gasteiger partial charge in [-0.05, 0) is 25.7 Å². The second-order valence-electron chi connectivity index (χ2n) is 9.11. The molecule has 0 atom stereocenters. The third-order valence-electron chi connectivity index (χ3n) is 6.41. The van der Waals surface area contributed by atoms with Gasteiger partial charge in [-0.25, -0.2) is 9.13 Å². The Morgan fingerprint density at radius 3 is 1.52 bits per heavy atom. The number of nitrogens with zero attached hydrogens (tertiary/aromatic N) is 2. The largest absolute Gasteiger partial charge is 0.256 e. The number of hydrogen-bond acceptors (Lipinski definition) is 0. The van der Waals surface area contributed by atoms with E-state index in [1.54, 1.807) is 0 Å². The van der Waals surface area contributed by atoms with Gasteiger partial charge in [-0.3, -0.25) is 0 Å². The van der Waals surface area contributed by atoms with Crippen LogP contribution in [0.4, 0.5) is 0 Å².